The van der Waals surface area contributed by atoms with Gasteiger partial charge in [-0.15, -0.1) is 0 Å². The van der Waals surface area contributed by atoms with Gasteiger partial charge in [0.1, 0.15) is 0 Å². The molecule has 0 saturated heterocycles. The molecule has 17 heavy (non-hydrogen) atoms. The second-order valence-electron chi connectivity index (χ2n) is 4.17. The largest absolute Gasteiger partial charge is 0.311 e. The summed E-state index contributed by atoms with van der Waals surface area (Å²) in [6.07, 6.45) is 0. The van der Waals surface area contributed by atoms with E-state index in [2.05, 4.69) is 54.9 Å². The first-order chi connectivity index (χ1) is 8.27. The summed E-state index contributed by atoms with van der Waals surface area (Å²) in [6, 6.07) is 10.3. The molecular formula is C15H24N2. The van der Waals surface area contributed by atoms with Crippen LogP contribution in [0.4, 0.5) is 0 Å². The molecule has 0 bridgehead atoms. The Morgan fingerprint density at radius 2 is 1.82 bits per heavy atom. The smallest absolute Gasteiger partial charge is 0.0206 e. The van der Waals surface area contributed by atoms with E-state index in [9.17, 15) is 0 Å². The molecule has 1 N–H and O–H groups in total. The van der Waals surface area contributed by atoms with Crippen molar-refractivity contribution in [1.82, 2.24) is 10.2 Å². The van der Waals surface area contributed by atoms with Gasteiger partial charge in [-0.3, -0.25) is 0 Å². The fraction of sp³-hybridized carbons (Fsp3) is 0.467. The number of rotatable bonds is 8. The molecule has 0 aliphatic rings. The minimum Gasteiger partial charge on any atom is -0.311 e. The summed E-state index contributed by atoms with van der Waals surface area (Å²) in [5.41, 5.74) is 2.38. The number of hydrogen-bond acceptors (Lipinski definition) is 2. The number of nitrogens with zero attached hydrogens (tertiary/aromatic N) is 1. The molecule has 0 amide bonds. The quantitative estimate of drug-likeness (QED) is 0.693. The van der Waals surface area contributed by atoms with E-state index in [0.717, 1.165) is 38.3 Å². The lowest BCUT2D eigenvalue weighted by molar-refractivity contribution is 0.304. The van der Waals surface area contributed by atoms with E-state index in [1.165, 1.54) is 5.56 Å². The van der Waals surface area contributed by atoms with E-state index in [1.54, 1.807) is 0 Å². The SMILES string of the molecule is C=C(CNCCN(CC)CC)c1ccccc1. The molecule has 1 aromatic carbocycles. The van der Waals surface area contributed by atoms with Crippen molar-refractivity contribution in [3.63, 3.8) is 0 Å². The molecule has 0 aliphatic heterocycles. The topological polar surface area (TPSA) is 15.3 Å². The zero-order chi connectivity index (χ0) is 12.5. The summed E-state index contributed by atoms with van der Waals surface area (Å²) in [5.74, 6) is 0. The van der Waals surface area contributed by atoms with Crippen molar-refractivity contribution >= 4 is 5.57 Å². The van der Waals surface area contributed by atoms with Gasteiger partial charge >= 0.3 is 0 Å². The Kier molecular flexibility index (Phi) is 6.60. The normalized spacial score (nSPS) is 10.8. The predicted molar refractivity (Wildman–Crippen MR) is 76.1 cm³/mol. The lowest BCUT2D eigenvalue weighted by atomic mass is 10.1. The van der Waals surface area contributed by atoms with E-state index < -0.39 is 0 Å². The first-order valence-corrected chi connectivity index (χ1v) is 6.44. The van der Waals surface area contributed by atoms with Crippen molar-refractivity contribution in [2.24, 2.45) is 0 Å². The first kappa shape index (κ1) is 13.9. The Morgan fingerprint density at radius 3 is 2.41 bits per heavy atom. The van der Waals surface area contributed by atoms with Crippen LogP contribution in [-0.2, 0) is 0 Å². The lowest BCUT2D eigenvalue weighted by Gasteiger charge is -2.18. The molecule has 94 valence electrons. The number of hydrogen-bond donors (Lipinski definition) is 1. The maximum Gasteiger partial charge on any atom is 0.0206 e. The number of nitrogens with one attached hydrogen (secondary N) is 1. The zero-order valence-electron chi connectivity index (χ0n) is 11.1. The van der Waals surface area contributed by atoms with E-state index in [1.807, 2.05) is 6.07 Å². The minimum atomic E-state index is 0.866. The fourth-order valence-corrected chi connectivity index (χ4v) is 1.79. The molecule has 0 aromatic heterocycles. The highest BCUT2D eigenvalue weighted by atomic mass is 15.1. The Balaban J connectivity index is 2.21. The molecule has 0 heterocycles. The van der Waals surface area contributed by atoms with Gasteiger partial charge in [0.2, 0.25) is 0 Å². The van der Waals surface area contributed by atoms with E-state index in [0.29, 0.717) is 0 Å². The molecule has 2 heteroatoms. The lowest BCUT2D eigenvalue weighted by Crippen LogP contribution is -2.32. The fourth-order valence-electron chi connectivity index (χ4n) is 1.79. The highest BCUT2D eigenvalue weighted by molar-refractivity contribution is 5.64. The Bertz CT molecular complexity index is 315. The third-order valence-corrected chi connectivity index (χ3v) is 3.02. The zero-order valence-corrected chi connectivity index (χ0v) is 11.1. The van der Waals surface area contributed by atoms with E-state index >= 15 is 0 Å². The van der Waals surface area contributed by atoms with Crippen molar-refractivity contribution in [3.8, 4) is 0 Å². The van der Waals surface area contributed by atoms with Gasteiger partial charge in [-0.25, -0.2) is 0 Å². The van der Waals surface area contributed by atoms with Gasteiger partial charge in [0, 0.05) is 19.6 Å². The van der Waals surface area contributed by atoms with Crippen LogP contribution in [0.1, 0.15) is 19.4 Å². The average molecular weight is 232 g/mol. The maximum atomic E-state index is 4.11. The highest BCUT2D eigenvalue weighted by Crippen LogP contribution is 2.09. The highest BCUT2D eigenvalue weighted by Gasteiger charge is 1.99. The van der Waals surface area contributed by atoms with Gasteiger partial charge in [-0.1, -0.05) is 50.8 Å². The standard InChI is InChI=1S/C15H24N2/c1-4-17(5-2)12-11-16-13-14(3)15-9-7-6-8-10-15/h6-10,16H,3-5,11-13H2,1-2H3. The molecule has 1 aromatic rings. The predicted octanol–water partition coefficient (Wildman–Crippen LogP) is 2.63. The molecule has 0 spiro atoms. The third-order valence-electron chi connectivity index (χ3n) is 3.02. The van der Waals surface area contributed by atoms with Gasteiger partial charge < -0.3 is 10.2 Å². The van der Waals surface area contributed by atoms with Crippen LogP contribution < -0.4 is 5.32 Å². The summed E-state index contributed by atoms with van der Waals surface area (Å²) < 4.78 is 0. The summed E-state index contributed by atoms with van der Waals surface area (Å²) in [4.78, 5) is 2.41. The Hall–Kier alpha value is -1.12. The van der Waals surface area contributed by atoms with Crippen molar-refractivity contribution < 1.29 is 0 Å². The van der Waals surface area contributed by atoms with Gasteiger partial charge in [-0.05, 0) is 24.2 Å². The molecule has 0 aliphatic carbocycles. The summed E-state index contributed by atoms with van der Waals surface area (Å²) in [5, 5.41) is 3.44. The van der Waals surface area contributed by atoms with Crippen LogP contribution in [0.15, 0.2) is 36.9 Å². The Morgan fingerprint density at radius 1 is 1.18 bits per heavy atom. The second kappa shape index (κ2) is 8.04. The molecule has 0 atom stereocenters. The van der Waals surface area contributed by atoms with Crippen molar-refractivity contribution in [1.29, 1.82) is 0 Å². The van der Waals surface area contributed by atoms with Crippen LogP contribution in [0, 0.1) is 0 Å². The third kappa shape index (κ3) is 5.16. The van der Waals surface area contributed by atoms with Crippen LogP contribution in [0.25, 0.3) is 5.57 Å². The van der Waals surface area contributed by atoms with Crippen molar-refractivity contribution in [3.05, 3.63) is 42.5 Å². The van der Waals surface area contributed by atoms with Gasteiger partial charge in [0.25, 0.3) is 0 Å². The number of likely N-dealkylation sites (N-methyl/N-ethyl adjacent to an activating group) is 1. The second-order valence-corrected chi connectivity index (χ2v) is 4.17. The molecule has 2 nitrogen and oxygen atoms in total. The van der Waals surface area contributed by atoms with Gasteiger partial charge in [0.15, 0.2) is 0 Å². The monoisotopic (exact) mass is 232 g/mol. The molecular weight excluding hydrogens is 208 g/mol. The van der Waals surface area contributed by atoms with Crippen molar-refractivity contribution in [2.45, 2.75) is 13.8 Å². The van der Waals surface area contributed by atoms with Crippen LogP contribution in [0.3, 0.4) is 0 Å². The van der Waals surface area contributed by atoms with Gasteiger partial charge in [0.05, 0.1) is 0 Å². The minimum absolute atomic E-state index is 0.866. The van der Waals surface area contributed by atoms with Crippen molar-refractivity contribution in [2.75, 3.05) is 32.7 Å². The van der Waals surface area contributed by atoms with Crippen LogP contribution in [0.2, 0.25) is 0 Å². The summed E-state index contributed by atoms with van der Waals surface area (Å²) >= 11 is 0. The van der Waals surface area contributed by atoms with E-state index in [-0.39, 0.29) is 0 Å². The Labute approximate surface area is 105 Å². The molecule has 0 saturated carbocycles. The maximum absolute atomic E-state index is 4.11. The molecule has 0 fully saturated rings. The van der Waals surface area contributed by atoms with Crippen LogP contribution in [-0.4, -0.2) is 37.6 Å². The molecule has 0 unspecified atom stereocenters. The summed E-state index contributed by atoms with van der Waals surface area (Å²) in [7, 11) is 0. The molecule has 1 rings (SSSR count). The number of benzene rings is 1. The molecule has 0 radical (unpaired) electrons. The van der Waals surface area contributed by atoms with E-state index in [4.69, 9.17) is 0 Å². The summed E-state index contributed by atoms with van der Waals surface area (Å²) in [6.45, 7) is 13.7. The van der Waals surface area contributed by atoms with Crippen LogP contribution >= 0.6 is 0 Å². The van der Waals surface area contributed by atoms with Gasteiger partial charge in [-0.2, -0.15) is 0 Å². The van der Waals surface area contributed by atoms with Crippen LogP contribution in [0.5, 0.6) is 0 Å². The average Bonchev–Trinajstić information content (AvgIpc) is 2.40. The first-order valence-electron chi connectivity index (χ1n) is 6.44.